The maximum Gasteiger partial charge on any atom is 0.125 e. The van der Waals surface area contributed by atoms with Crippen LogP contribution in [0.3, 0.4) is 0 Å². The maximum atomic E-state index is 13.3. The lowest BCUT2D eigenvalue weighted by atomic mass is 10.2. The van der Waals surface area contributed by atoms with E-state index < -0.39 is 0 Å². The van der Waals surface area contributed by atoms with Crippen LogP contribution >= 0.6 is 0 Å². The fraction of sp³-hybridized carbons (Fsp3) is 0.647. The van der Waals surface area contributed by atoms with Crippen LogP contribution in [0.15, 0.2) is 24.3 Å². The monoisotopic (exact) mass is 307 g/mol. The Morgan fingerprint density at radius 2 is 1.91 bits per heavy atom. The summed E-state index contributed by atoms with van der Waals surface area (Å²) < 4.78 is 13.3. The van der Waals surface area contributed by atoms with Crippen LogP contribution in [0.25, 0.3) is 0 Å². The molecule has 0 amide bonds. The van der Waals surface area contributed by atoms with Crippen LogP contribution in [0, 0.1) is 5.82 Å². The number of rotatable bonds is 5. The molecule has 5 heteroatoms. The van der Waals surface area contributed by atoms with E-state index in [1.807, 2.05) is 6.07 Å². The van der Waals surface area contributed by atoms with Crippen LogP contribution < -0.4 is 4.90 Å². The normalized spacial score (nSPS) is 24.1. The molecule has 1 aromatic rings. The van der Waals surface area contributed by atoms with Gasteiger partial charge in [-0.15, -0.1) is 0 Å². The molecule has 22 heavy (non-hydrogen) atoms. The number of hydrogen-bond acceptors (Lipinski definition) is 4. The number of halogens is 1. The minimum atomic E-state index is -0.218. The van der Waals surface area contributed by atoms with Gasteiger partial charge in [0.15, 0.2) is 0 Å². The lowest BCUT2D eigenvalue weighted by Crippen LogP contribution is -2.47. The van der Waals surface area contributed by atoms with Crippen molar-refractivity contribution in [2.24, 2.45) is 0 Å². The van der Waals surface area contributed by atoms with Gasteiger partial charge in [-0.1, -0.05) is 6.07 Å². The molecule has 2 aliphatic heterocycles. The molecule has 0 aliphatic carbocycles. The zero-order valence-corrected chi connectivity index (χ0v) is 13.1. The Labute approximate surface area is 132 Å². The quantitative estimate of drug-likeness (QED) is 0.898. The molecular weight excluding hydrogens is 281 g/mol. The molecule has 122 valence electrons. The number of nitrogens with zero attached hydrogens (tertiary/aromatic N) is 3. The number of aliphatic hydroxyl groups is 1. The Morgan fingerprint density at radius 1 is 1.09 bits per heavy atom. The molecule has 3 rings (SSSR count). The van der Waals surface area contributed by atoms with Gasteiger partial charge in [-0.25, -0.2) is 4.39 Å². The minimum Gasteiger partial charge on any atom is -0.378 e. The Hall–Kier alpha value is -1.17. The van der Waals surface area contributed by atoms with Gasteiger partial charge >= 0.3 is 0 Å². The standard InChI is InChI=1S/C17H26FN3O/c18-15-4-1-5-16(14-15)20-12-10-19(11-13-20)7-3-9-21-8-2-6-17(21)22/h1,4-5,14,17,22H,2-3,6-13H2. The second-order valence-electron chi connectivity index (χ2n) is 6.32. The van der Waals surface area contributed by atoms with E-state index in [0.717, 1.165) is 70.8 Å². The molecule has 2 aliphatic rings. The number of aliphatic hydroxyl groups excluding tert-OH is 1. The molecule has 4 nitrogen and oxygen atoms in total. The van der Waals surface area contributed by atoms with Crippen LogP contribution in [0.1, 0.15) is 19.3 Å². The highest BCUT2D eigenvalue weighted by atomic mass is 19.1. The molecule has 0 aromatic heterocycles. The highest BCUT2D eigenvalue weighted by molar-refractivity contribution is 5.46. The topological polar surface area (TPSA) is 30.0 Å². The average molecular weight is 307 g/mol. The third kappa shape index (κ3) is 3.97. The van der Waals surface area contributed by atoms with E-state index in [9.17, 15) is 9.50 Å². The summed E-state index contributed by atoms with van der Waals surface area (Å²) in [5.41, 5.74) is 0.986. The lowest BCUT2D eigenvalue weighted by Gasteiger charge is -2.36. The van der Waals surface area contributed by atoms with Gasteiger partial charge in [0.1, 0.15) is 12.0 Å². The fourth-order valence-electron chi connectivity index (χ4n) is 3.47. The largest absolute Gasteiger partial charge is 0.378 e. The summed E-state index contributed by atoms with van der Waals surface area (Å²) in [4.78, 5) is 6.91. The van der Waals surface area contributed by atoms with E-state index in [1.165, 1.54) is 6.07 Å². The van der Waals surface area contributed by atoms with Gasteiger partial charge in [0, 0.05) is 45.0 Å². The first-order valence-corrected chi connectivity index (χ1v) is 8.37. The van der Waals surface area contributed by atoms with E-state index in [0.29, 0.717) is 0 Å². The molecule has 0 bridgehead atoms. The van der Waals surface area contributed by atoms with Crippen LogP contribution in [-0.2, 0) is 0 Å². The number of benzene rings is 1. The van der Waals surface area contributed by atoms with Crippen molar-refractivity contribution < 1.29 is 9.50 Å². The van der Waals surface area contributed by atoms with Crippen molar-refractivity contribution in [3.63, 3.8) is 0 Å². The van der Waals surface area contributed by atoms with Gasteiger partial charge in [0.05, 0.1) is 0 Å². The second-order valence-corrected chi connectivity index (χ2v) is 6.32. The van der Waals surface area contributed by atoms with Gasteiger partial charge in [-0.2, -0.15) is 0 Å². The van der Waals surface area contributed by atoms with Gasteiger partial charge < -0.3 is 10.0 Å². The summed E-state index contributed by atoms with van der Waals surface area (Å²) in [6.45, 7) is 7.07. The predicted octanol–water partition coefficient (Wildman–Crippen LogP) is 1.75. The highest BCUT2D eigenvalue weighted by Gasteiger charge is 2.22. The molecule has 2 fully saturated rings. The van der Waals surface area contributed by atoms with E-state index >= 15 is 0 Å². The number of piperazine rings is 1. The summed E-state index contributed by atoms with van der Waals surface area (Å²) >= 11 is 0. The Balaban J connectivity index is 1.38. The van der Waals surface area contributed by atoms with Gasteiger partial charge in [0.25, 0.3) is 0 Å². The van der Waals surface area contributed by atoms with Crippen molar-refractivity contribution in [2.75, 3.05) is 50.7 Å². The maximum absolute atomic E-state index is 13.3. The number of likely N-dealkylation sites (tertiary alicyclic amines) is 1. The third-order valence-electron chi connectivity index (χ3n) is 4.79. The zero-order valence-electron chi connectivity index (χ0n) is 13.1. The Bertz CT molecular complexity index is 477. The Kier molecular flexibility index (Phi) is 5.28. The summed E-state index contributed by atoms with van der Waals surface area (Å²) in [5.74, 6) is -0.163. The molecule has 2 heterocycles. The molecule has 1 N–H and O–H groups in total. The number of hydrogen-bond donors (Lipinski definition) is 1. The van der Waals surface area contributed by atoms with E-state index in [2.05, 4.69) is 14.7 Å². The molecule has 1 atom stereocenters. The van der Waals surface area contributed by atoms with Crippen LogP contribution in [0.5, 0.6) is 0 Å². The van der Waals surface area contributed by atoms with Crippen molar-refractivity contribution in [2.45, 2.75) is 25.5 Å². The van der Waals surface area contributed by atoms with Gasteiger partial charge in [0.2, 0.25) is 0 Å². The minimum absolute atomic E-state index is 0.163. The molecule has 1 aromatic carbocycles. The Morgan fingerprint density at radius 3 is 2.59 bits per heavy atom. The van der Waals surface area contributed by atoms with Crippen molar-refractivity contribution >= 4 is 5.69 Å². The van der Waals surface area contributed by atoms with Crippen molar-refractivity contribution in [3.05, 3.63) is 30.1 Å². The number of anilines is 1. The van der Waals surface area contributed by atoms with E-state index in [1.54, 1.807) is 12.1 Å². The van der Waals surface area contributed by atoms with Gasteiger partial charge in [-0.05, 0) is 44.0 Å². The summed E-state index contributed by atoms with van der Waals surface area (Å²) in [5, 5.41) is 9.78. The molecule has 0 saturated carbocycles. The molecular formula is C17H26FN3O. The van der Waals surface area contributed by atoms with E-state index in [-0.39, 0.29) is 12.0 Å². The summed E-state index contributed by atoms with van der Waals surface area (Å²) in [6, 6.07) is 6.86. The molecule has 2 saturated heterocycles. The first-order chi connectivity index (χ1) is 10.7. The molecule has 0 radical (unpaired) electrons. The van der Waals surface area contributed by atoms with Crippen LogP contribution in [-0.4, -0.2) is 66.9 Å². The first kappa shape index (κ1) is 15.7. The van der Waals surface area contributed by atoms with Crippen LogP contribution in [0.4, 0.5) is 10.1 Å². The SMILES string of the molecule is OC1CCCN1CCCN1CCN(c2cccc(F)c2)CC1. The van der Waals surface area contributed by atoms with Crippen LogP contribution in [0.2, 0.25) is 0 Å². The second kappa shape index (κ2) is 7.40. The average Bonchev–Trinajstić information content (AvgIpc) is 2.93. The lowest BCUT2D eigenvalue weighted by molar-refractivity contribution is 0.0356. The first-order valence-electron chi connectivity index (χ1n) is 8.37. The zero-order chi connectivity index (χ0) is 15.4. The van der Waals surface area contributed by atoms with E-state index in [4.69, 9.17) is 0 Å². The predicted molar refractivity (Wildman–Crippen MR) is 86.5 cm³/mol. The highest BCUT2D eigenvalue weighted by Crippen LogP contribution is 2.18. The van der Waals surface area contributed by atoms with Crippen molar-refractivity contribution in [1.82, 2.24) is 9.80 Å². The smallest absolute Gasteiger partial charge is 0.125 e. The summed E-state index contributed by atoms with van der Waals surface area (Å²) in [7, 11) is 0. The fourth-order valence-corrected chi connectivity index (χ4v) is 3.47. The van der Waals surface area contributed by atoms with Gasteiger partial charge in [-0.3, -0.25) is 9.80 Å². The van der Waals surface area contributed by atoms with Crippen molar-refractivity contribution in [1.29, 1.82) is 0 Å². The van der Waals surface area contributed by atoms with Crippen molar-refractivity contribution in [3.8, 4) is 0 Å². The molecule has 0 spiro atoms. The molecule has 1 unspecified atom stereocenters. The summed E-state index contributed by atoms with van der Waals surface area (Å²) in [6.07, 6.45) is 2.93. The third-order valence-corrected chi connectivity index (χ3v) is 4.79.